The lowest BCUT2D eigenvalue weighted by Crippen LogP contribution is -2.41. The van der Waals surface area contributed by atoms with Crippen molar-refractivity contribution in [3.8, 4) is 5.75 Å². The number of phenols is 1. The molecule has 1 aliphatic heterocycles. The van der Waals surface area contributed by atoms with Crippen LogP contribution >= 0.6 is 31.9 Å². The molecule has 0 radical (unpaired) electrons. The van der Waals surface area contributed by atoms with Crippen molar-refractivity contribution < 1.29 is 14.7 Å². The summed E-state index contributed by atoms with van der Waals surface area (Å²) in [5, 5.41) is 15.6. The van der Waals surface area contributed by atoms with Gasteiger partial charge in [-0.05, 0) is 50.3 Å². The highest BCUT2D eigenvalue weighted by atomic mass is 79.9. The lowest BCUT2D eigenvalue weighted by atomic mass is 9.55. The summed E-state index contributed by atoms with van der Waals surface area (Å²) in [6, 6.07) is 19.6. The van der Waals surface area contributed by atoms with Crippen molar-refractivity contribution >= 4 is 49.9 Å². The largest absolute Gasteiger partial charge is 0.506 e. The summed E-state index contributed by atoms with van der Waals surface area (Å²) in [6.45, 7) is 0. The third-order valence-corrected chi connectivity index (χ3v) is 7.86. The predicted molar refractivity (Wildman–Crippen MR) is 127 cm³/mol. The van der Waals surface area contributed by atoms with E-state index in [9.17, 15) is 14.7 Å². The van der Waals surface area contributed by atoms with Crippen LogP contribution in [0.5, 0.6) is 5.75 Å². The highest BCUT2D eigenvalue weighted by molar-refractivity contribution is 9.11. The Kier molecular flexibility index (Phi) is 4.42. The molecule has 7 rings (SSSR count). The van der Waals surface area contributed by atoms with Crippen molar-refractivity contribution in [2.24, 2.45) is 16.9 Å². The highest BCUT2D eigenvalue weighted by Crippen LogP contribution is 2.60. The van der Waals surface area contributed by atoms with E-state index in [2.05, 4.69) is 61.2 Å². The number of amides is 2. The van der Waals surface area contributed by atoms with Gasteiger partial charge in [0.25, 0.3) is 11.8 Å². The lowest BCUT2D eigenvalue weighted by Gasteiger charge is -2.45. The van der Waals surface area contributed by atoms with Gasteiger partial charge in [0.2, 0.25) is 0 Å². The van der Waals surface area contributed by atoms with E-state index in [-0.39, 0.29) is 29.4 Å². The fourth-order valence-corrected chi connectivity index (χ4v) is 6.84. The number of halogens is 2. The molecule has 4 aliphatic rings. The van der Waals surface area contributed by atoms with Crippen LogP contribution < -0.4 is 0 Å². The Morgan fingerprint density at radius 1 is 0.812 bits per heavy atom. The molecule has 2 amide bonds. The molecule has 2 atom stereocenters. The summed E-state index contributed by atoms with van der Waals surface area (Å²) in [7, 11) is 0. The smallest absolute Gasteiger partial charge is 0.254 e. The summed E-state index contributed by atoms with van der Waals surface area (Å²) in [5.41, 5.74) is 4.89. The van der Waals surface area contributed by atoms with Crippen LogP contribution in [-0.4, -0.2) is 28.1 Å². The summed E-state index contributed by atoms with van der Waals surface area (Å²) >= 11 is 6.67. The molecule has 2 bridgehead atoms. The SMILES string of the molecule is O=C1[C@@H]2C3c4ccccc4C(c4ccccc43)[C@@H]2C(=O)N1/N=C\c1cc(Br)cc(Br)c1O. The molecule has 3 aliphatic carbocycles. The minimum Gasteiger partial charge on any atom is -0.506 e. The van der Waals surface area contributed by atoms with E-state index in [1.54, 1.807) is 12.1 Å². The van der Waals surface area contributed by atoms with Crippen LogP contribution in [0.4, 0.5) is 0 Å². The topological polar surface area (TPSA) is 70.0 Å². The van der Waals surface area contributed by atoms with Gasteiger partial charge < -0.3 is 5.11 Å². The molecule has 0 aromatic heterocycles. The quantitative estimate of drug-likeness (QED) is 0.354. The molecule has 7 heteroatoms. The Morgan fingerprint density at radius 2 is 1.28 bits per heavy atom. The molecule has 3 aromatic rings. The predicted octanol–water partition coefficient (Wildman–Crippen LogP) is 5.14. The van der Waals surface area contributed by atoms with Gasteiger partial charge in [0.1, 0.15) is 5.75 Å². The third-order valence-electron chi connectivity index (χ3n) is 6.80. The summed E-state index contributed by atoms with van der Waals surface area (Å²) in [6.07, 6.45) is 1.36. The summed E-state index contributed by atoms with van der Waals surface area (Å²) < 4.78 is 1.23. The van der Waals surface area contributed by atoms with Gasteiger partial charge in [-0.3, -0.25) is 9.59 Å². The Hall–Kier alpha value is -2.77. The van der Waals surface area contributed by atoms with Gasteiger partial charge in [0, 0.05) is 21.9 Å². The van der Waals surface area contributed by atoms with Gasteiger partial charge in [-0.2, -0.15) is 10.1 Å². The number of phenolic OH excluding ortho intramolecular Hbond substituents is 1. The average Bonchev–Trinajstić information content (AvgIpc) is 3.05. The molecule has 0 spiro atoms. The van der Waals surface area contributed by atoms with Crippen LogP contribution in [0, 0.1) is 11.8 Å². The maximum Gasteiger partial charge on any atom is 0.254 e. The van der Waals surface area contributed by atoms with Crippen LogP contribution in [0.15, 0.2) is 74.7 Å². The molecule has 1 fully saturated rings. The van der Waals surface area contributed by atoms with Gasteiger partial charge in [0.05, 0.1) is 22.5 Å². The molecule has 0 saturated carbocycles. The van der Waals surface area contributed by atoms with Crippen molar-refractivity contribution in [1.29, 1.82) is 0 Å². The normalized spacial score (nSPS) is 25.2. The first-order valence-corrected chi connectivity index (χ1v) is 11.8. The molecular weight excluding hydrogens is 536 g/mol. The van der Waals surface area contributed by atoms with E-state index in [1.807, 2.05) is 24.3 Å². The first kappa shape index (κ1) is 19.9. The number of hydrazone groups is 1. The van der Waals surface area contributed by atoms with Crippen molar-refractivity contribution in [2.75, 3.05) is 0 Å². The first-order valence-electron chi connectivity index (χ1n) is 10.2. The van der Waals surface area contributed by atoms with Gasteiger partial charge in [-0.15, -0.1) is 0 Å². The minimum atomic E-state index is -0.475. The zero-order valence-electron chi connectivity index (χ0n) is 16.6. The Labute approximate surface area is 201 Å². The van der Waals surface area contributed by atoms with Crippen molar-refractivity contribution in [2.45, 2.75) is 11.8 Å². The van der Waals surface area contributed by atoms with Crippen molar-refractivity contribution in [3.05, 3.63) is 97.4 Å². The summed E-state index contributed by atoms with van der Waals surface area (Å²) in [5.74, 6) is -1.86. The van der Waals surface area contributed by atoms with E-state index in [0.29, 0.717) is 10.0 Å². The zero-order valence-corrected chi connectivity index (χ0v) is 19.7. The first-order chi connectivity index (χ1) is 15.5. The van der Waals surface area contributed by atoms with Gasteiger partial charge >= 0.3 is 0 Å². The summed E-state index contributed by atoms with van der Waals surface area (Å²) in [4.78, 5) is 27.0. The second-order valence-corrected chi connectivity index (χ2v) is 10.1. The minimum absolute atomic E-state index is 0.00617. The zero-order chi connectivity index (χ0) is 22.1. The number of imide groups is 1. The third kappa shape index (κ3) is 2.64. The number of carbonyl (C=O) groups is 2. The van der Waals surface area contributed by atoms with Gasteiger partial charge in [0.15, 0.2) is 0 Å². The average molecular weight is 552 g/mol. The van der Waals surface area contributed by atoms with E-state index in [0.717, 1.165) is 31.7 Å². The van der Waals surface area contributed by atoms with E-state index in [4.69, 9.17) is 0 Å². The van der Waals surface area contributed by atoms with E-state index < -0.39 is 11.8 Å². The second kappa shape index (κ2) is 7.12. The number of carbonyl (C=O) groups excluding carboxylic acids is 2. The molecule has 1 saturated heterocycles. The molecule has 3 aromatic carbocycles. The maximum atomic E-state index is 13.5. The Balaban J connectivity index is 1.45. The number of rotatable bonds is 2. The van der Waals surface area contributed by atoms with E-state index in [1.165, 1.54) is 6.21 Å². The van der Waals surface area contributed by atoms with Crippen molar-refractivity contribution in [1.82, 2.24) is 5.01 Å². The number of benzene rings is 3. The van der Waals surface area contributed by atoms with Crippen LogP contribution in [-0.2, 0) is 9.59 Å². The Bertz CT molecular complexity index is 1240. The molecule has 32 heavy (non-hydrogen) atoms. The van der Waals surface area contributed by atoms with Crippen LogP contribution in [0.25, 0.3) is 0 Å². The van der Waals surface area contributed by atoms with Crippen LogP contribution in [0.1, 0.15) is 39.7 Å². The standard InChI is InChI=1S/C25H16Br2N2O3/c26-13-9-12(23(30)18(27)10-13)11-28-29-24(31)21-19-14-5-1-2-6-15(14)20(22(21)25(29)32)17-8-4-3-7-16(17)19/h1-11,19-22,30H/b28-11-/t19?,20?,21-,22+. The molecule has 0 unspecified atom stereocenters. The monoisotopic (exact) mass is 550 g/mol. The van der Waals surface area contributed by atoms with Crippen molar-refractivity contribution in [3.63, 3.8) is 0 Å². The lowest BCUT2D eigenvalue weighted by molar-refractivity contribution is -0.139. The van der Waals surface area contributed by atoms with Crippen LogP contribution in [0.2, 0.25) is 0 Å². The van der Waals surface area contributed by atoms with Gasteiger partial charge in [-0.1, -0.05) is 64.5 Å². The number of aromatic hydroxyl groups is 1. The number of nitrogens with zero attached hydrogens (tertiary/aromatic N) is 2. The van der Waals surface area contributed by atoms with Gasteiger partial charge in [-0.25, -0.2) is 0 Å². The Morgan fingerprint density at radius 3 is 1.75 bits per heavy atom. The van der Waals surface area contributed by atoms with Crippen LogP contribution in [0.3, 0.4) is 0 Å². The second-order valence-electron chi connectivity index (χ2n) is 8.32. The fraction of sp³-hybridized carbons (Fsp3) is 0.160. The highest BCUT2D eigenvalue weighted by Gasteiger charge is 2.61. The fourth-order valence-electron chi connectivity index (χ4n) is 5.58. The molecule has 1 heterocycles. The number of hydrogen-bond donors (Lipinski definition) is 1. The van der Waals surface area contributed by atoms with E-state index >= 15 is 0 Å². The molecule has 158 valence electrons. The molecule has 5 nitrogen and oxygen atoms in total. The maximum absolute atomic E-state index is 13.5. The molecule has 1 N–H and O–H groups in total. The molecular formula is C25H16Br2N2O3. The number of hydrogen-bond acceptors (Lipinski definition) is 4.